The van der Waals surface area contributed by atoms with Gasteiger partial charge in [0.1, 0.15) is 17.4 Å². The average Bonchev–Trinajstić information content (AvgIpc) is 2.62. The van der Waals surface area contributed by atoms with Gasteiger partial charge in [-0.15, -0.1) is 0 Å². The standard InChI is InChI=1S/C19H16N4O2/c1-12-16(19(24)23-14-7-3-2-4-8-14)17(13-6-5-9-22-11-13)15(10-20)18(21)25-12/h2-9,11,17H,21H2,1H3,(H,23,24). The third-order valence-electron chi connectivity index (χ3n) is 3.90. The summed E-state index contributed by atoms with van der Waals surface area (Å²) in [6, 6.07) is 14.7. The lowest BCUT2D eigenvalue weighted by Gasteiger charge is -2.27. The van der Waals surface area contributed by atoms with Crippen LogP contribution < -0.4 is 11.1 Å². The quantitative estimate of drug-likeness (QED) is 0.900. The van der Waals surface area contributed by atoms with E-state index in [9.17, 15) is 10.1 Å². The Labute approximate surface area is 145 Å². The molecule has 0 radical (unpaired) electrons. The molecule has 0 aliphatic carbocycles. The summed E-state index contributed by atoms with van der Waals surface area (Å²) in [5.74, 6) is -0.613. The van der Waals surface area contributed by atoms with Crippen molar-refractivity contribution < 1.29 is 9.53 Å². The number of carbonyl (C=O) groups excluding carboxylic acids is 1. The van der Waals surface area contributed by atoms with Gasteiger partial charge in [-0.05, 0) is 30.7 Å². The van der Waals surface area contributed by atoms with Crippen LogP contribution in [0.15, 0.2) is 77.6 Å². The number of pyridine rings is 1. The minimum atomic E-state index is -0.629. The number of ether oxygens (including phenoxy) is 1. The van der Waals surface area contributed by atoms with E-state index in [1.54, 1.807) is 43.6 Å². The van der Waals surface area contributed by atoms with Gasteiger partial charge in [0, 0.05) is 18.1 Å². The molecule has 0 saturated heterocycles. The fourth-order valence-electron chi connectivity index (χ4n) is 2.78. The number of nitrogens with zero attached hydrogens (tertiary/aromatic N) is 2. The Bertz CT molecular complexity index is 896. The first-order valence-electron chi connectivity index (χ1n) is 7.66. The number of anilines is 1. The fourth-order valence-corrected chi connectivity index (χ4v) is 2.78. The van der Waals surface area contributed by atoms with E-state index in [0.717, 1.165) is 0 Å². The number of nitriles is 1. The minimum Gasteiger partial charge on any atom is -0.445 e. The maximum Gasteiger partial charge on any atom is 0.255 e. The van der Waals surface area contributed by atoms with Crippen LogP contribution in [0.4, 0.5) is 5.69 Å². The van der Waals surface area contributed by atoms with Crippen LogP contribution in [-0.2, 0) is 9.53 Å². The molecule has 2 aromatic rings. The monoisotopic (exact) mass is 332 g/mol. The summed E-state index contributed by atoms with van der Waals surface area (Å²) >= 11 is 0. The summed E-state index contributed by atoms with van der Waals surface area (Å²) in [6.07, 6.45) is 3.24. The van der Waals surface area contributed by atoms with Gasteiger partial charge in [-0.3, -0.25) is 9.78 Å². The molecule has 0 spiro atoms. The summed E-state index contributed by atoms with van der Waals surface area (Å²) in [6.45, 7) is 1.66. The topological polar surface area (TPSA) is 101 Å². The smallest absolute Gasteiger partial charge is 0.255 e. The van der Waals surface area contributed by atoms with Crippen molar-refractivity contribution in [3.05, 3.63) is 83.2 Å². The zero-order chi connectivity index (χ0) is 17.8. The maximum atomic E-state index is 12.9. The van der Waals surface area contributed by atoms with Gasteiger partial charge in [0.15, 0.2) is 0 Å². The number of amides is 1. The lowest BCUT2D eigenvalue weighted by Crippen LogP contribution is -2.27. The molecule has 0 bridgehead atoms. The Hall–Kier alpha value is -3.59. The number of rotatable bonds is 3. The highest BCUT2D eigenvalue weighted by Gasteiger charge is 2.35. The van der Waals surface area contributed by atoms with Crippen molar-refractivity contribution in [3.63, 3.8) is 0 Å². The van der Waals surface area contributed by atoms with Crippen LogP contribution in [0.5, 0.6) is 0 Å². The van der Waals surface area contributed by atoms with Crippen molar-refractivity contribution in [1.82, 2.24) is 4.98 Å². The molecule has 6 heteroatoms. The number of aromatic nitrogens is 1. The first-order chi connectivity index (χ1) is 12.1. The van der Waals surface area contributed by atoms with Crippen LogP contribution >= 0.6 is 0 Å². The molecule has 3 N–H and O–H groups in total. The van der Waals surface area contributed by atoms with Crippen LogP contribution in [0.1, 0.15) is 18.4 Å². The summed E-state index contributed by atoms with van der Waals surface area (Å²) in [7, 11) is 0. The molecule has 1 aromatic carbocycles. The summed E-state index contributed by atoms with van der Waals surface area (Å²) in [5, 5.41) is 12.4. The molecular weight excluding hydrogens is 316 g/mol. The SMILES string of the molecule is CC1=C(C(=O)Nc2ccccc2)C(c2cccnc2)C(C#N)=C(N)O1. The molecule has 2 heterocycles. The Kier molecular flexibility index (Phi) is 4.48. The van der Waals surface area contributed by atoms with Gasteiger partial charge in [-0.1, -0.05) is 24.3 Å². The molecule has 1 amide bonds. The Morgan fingerprint density at radius 1 is 1.28 bits per heavy atom. The zero-order valence-corrected chi connectivity index (χ0v) is 13.6. The highest BCUT2D eigenvalue weighted by Crippen LogP contribution is 2.39. The van der Waals surface area contributed by atoms with Crippen LogP contribution in [0.3, 0.4) is 0 Å². The van der Waals surface area contributed by atoms with Gasteiger partial charge >= 0.3 is 0 Å². The molecule has 1 atom stereocenters. The zero-order valence-electron chi connectivity index (χ0n) is 13.6. The number of carbonyl (C=O) groups is 1. The van der Waals surface area contributed by atoms with Gasteiger partial charge in [-0.25, -0.2) is 0 Å². The van der Waals surface area contributed by atoms with Gasteiger partial charge < -0.3 is 15.8 Å². The number of hydrogen-bond acceptors (Lipinski definition) is 5. The van der Waals surface area contributed by atoms with Gasteiger partial charge in [0.05, 0.1) is 11.5 Å². The van der Waals surface area contributed by atoms with Crippen LogP contribution in [0.25, 0.3) is 0 Å². The predicted octanol–water partition coefficient (Wildman–Crippen LogP) is 2.80. The van der Waals surface area contributed by atoms with Crippen molar-refractivity contribution in [2.75, 3.05) is 5.32 Å². The predicted molar refractivity (Wildman–Crippen MR) is 92.7 cm³/mol. The fraction of sp³-hybridized carbons (Fsp3) is 0.105. The molecule has 1 aliphatic rings. The maximum absolute atomic E-state index is 12.9. The van der Waals surface area contributed by atoms with E-state index in [1.165, 1.54) is 0 Å². The largest absolute Gasteiger partial charge is 0.445 e. The van der Waals surface area contributed by atoms with E-state index < -0.39 is 5.92 Å². The molecule has 0 saturated carbocycles. The number of allylic oxidation sites excluding steroid dienone is 2. The van der Waals surface area contributed by atoms with Gasteiger partial charge in [0.2, 0.25) is 5.88 Å². The van der Waals surface area contributed by atoms with Crippen LogP contribution in [0, 0.1) is 11.3 Å². The van der Waals surface area contributed by atoms with Crippen molar-refractivity contribution in [2.45, 2.75) is 12.8 Å². The van der Waals surface area contributed by atoms with Crippen molar-refractivity contribution >= 4 is 11.6 Å². The molecule has 3 rings (SSSR count). The van der Waals surface area contributed by atoms with E-state index in [2.05, 4.69) is 16.4 Å². The minimum absolute atomic E-state index is 0.00474. The van der Waals surface area contributed by atoms with Crippen molar-refractivity contribution in [1.29, 1.82) is 5.26 Å². The van der Waals surface area contributed by atoms with Crippen molar-refractivity contribution in [2.24, 2.45) is 5.73 Å². The second kappa shape index (κ2) is 6.89. The number of nitrogens with one attached hydrogen (secondary N) is 1. The first-order valence-corrected chi connectivity index (χ1v) is 7.66. The first kappa shape index (κ1) is 16.3. The highest BCUT2D eigenvalue weighted by molar-refractivity contribution is 6.06. The second-order valence-corrected chi connectivity index (χ2v) is 5.50. The van der Waals surface area contributed by atoms with E-state index in [0.29, 0.717) is 22.6 Å². The number of hydrogen-bond donors (Lipinski definition) is 2. The molecule has 1 aliphatic heterocycles. The van der Waals surface area contributed by atoms with Gasteiger partial charge in [-0.2, -0.15) is 5.26 Å². The third kappa shape index (κ3) is 3.21. The molecule has 6 nitrogen and oxygen atoms in total. The number of nitrogens with two attached hydrogens (primary N) is 1. The third-order valence-corrected chi connectivity index (χ3v) is 3.90. The highest BCUT2D eigenvalue weighted by atomic mass is 16.5. The molecule has 1 aromatic heterocycles. The Morgan fingerprint density at radius 2 is 2.04 bits per heavy atom. The molecular formula is C19H16N4O2. The number of benzene rings is 1. The van der Waals surface area contributed by atoms with E-state index in [1.807, 2.05) is 18.2 Å². The Morgan fingerprint density at radius 3 is 2.68 bits per heavy atom. The van der Waals surface area contributed by atoms with Crippen molar-refractivity contribution in [3.8, 4) is 6.07 Å². The van der Waals surface area contributed by atoms with Gasteiger partial charge in [0.25, 0.3) is 5.91 Å². The molecule has 1 unspecified atom stereocenters. The molecule has 25 heavy (non-hydrogen) atoms. The van der Waals surface area contributed by atoms with E-state index in [-0.39, 0.29) is 17.4 Å². The number of para-hydroxylation sites is 1. The summed E-state index contributed by atoms with van der Waals surface area (Å²) in [5.41, 5.74) is 7.75. The van der Waals surface area contributed by atoms with Crippen LogP contribution in [0.2, 0.25) is 0 Å². The van der Waals surface area contributed by atoms with E-state index in [4.69, 9.17) is 10.5 Å². The molecule has 0 fully saturated rings. The molecule has 124 valence electrons. The normalized spacial score (nSPS) is 16.9. The Balaban J connectivity index is 2.04. The lowest BCUT2D eigenvalue weighted by atomic mass is 9.83. The lowest BCUT2D eigenvalue weighted by molar-refractivity contribution is -0.113. The van der Waals surface area contributed by atoms with E-state index >= 15 is 0 Å². The summed E-state index contributed by atoms with van der Waals surface area (Å²) in [4.78, 5) is 17.0. The average molecular weight is 332 g/mol. The summed E-state index contributed by atoms with van der Waals surface area (Å²) < 4.78 is 5.45. The van der Waals surface area contributed by atoms with Crippen LogP contribution in [-0.4, -0.2) is 10.9 Å². The second-order valence-electron chi connectivity index (χ2n) is 5.50.